The van der Waals surface area contributed by atoms with Crippen molar-refractivity contribution < 1.29 is 0 Å². The second kappa shape index (κ2) is 4.28. The lowest BCUT2D eigenvalue weighted by Crippen LogP contribution is -2.48. The van der Waals surface area contributed by atoms with Gasteiger partial charge in [0.05, 0.1) is 8.07 Å². The molecule has 0 radical (unpaired) electrons. The molecular formula is C12H21NSi. The molecule has 0 saturated heterocycles. The largest absolute Gasteiger partial charge is 0.330 e. The minimum atomic E-state index is -1.23. The smallest absolute Gasteiger partial charge is 0.0639 e. The fraction of sp³-hybridized carbons (Fsp3) is 0.500. The molecule has 1 aromatic rings. The van der Waals surface area contributed by atoms with Crippen LogP contribution in [-0.4, -0.2) is 13.7 Å². The highest BCUT2D eigenvalue weighted by atomic mass is 28.3. The monoisotopic (exact) mass is 207 g/mol. The highest BCUT2D eigenvalue weighted by Crippen LogP contribution is 2.23. The van der Waals surface area contributed by atoms with Gasteiger partial charge in [-0.3, -0.25) is 0 Å². The summed E-state index contributed by atoms with van der Waals surface area (Å²) >= 11 is 0. The van der Waals surface area contributed by atoms with E-state index in [1.807, 2.05) is 0 Å². The van der Waals surface area contributed by atoms with Gasteiger partial charge in [0.1, 0.15) is 0 Å². The molecule has 14 heavy (non-hydrogen) atoms. The summed E-state index contributed by atoms with van der Waals surface area (Å²) < 4.78 is 0. The molecule has 2 N–H and O–H groups in total. The molecule has 0 aliphatic carbocycles. The summed E-state index contributed by atoms with van der Waals surface area (Å²) in [5.41, 5.74) is 7.99. The first-order valence-electron chi connectivity index (χ1n) is 5.23. The number of rotatable bonds is 3. The Morgan fingerprint density at radius 2 is 1.57 bits per heavy atom. The van der Waals surface area contributed by atoms with Gasteiger partial charge in [0, 0.05) is 5.67 Å². The Bertz CT molecular complexity index is 276. The van der Waals surface area contributed by atoms with Crippen LogP contribution < -0.4 is 5.73 Å². The Kier molecular flexibility index (Phi) is 3.51. The van der Waals surface area contributed by atoms with Crippen molar-refractivity contribution in [3.05, 3.63) is 35.9 Å². The number of hydrogen-bond acceptors (Lipinski definition) is 1. The summed E-state index contributed by atoms with van der Waals surface area (Å²) in [6, 6.07) is 10.6. The van der Waals surface area contributed by atoms with E-state index in [1.165, 1.54) is 5.56 Å². The molecule has 1 unspecified atom stereocenters. The molecule has 0 aliphatic rings. The first kappa shape index (κ1) is 11.5. The average Bonchev–Trinajstić information content (AvgIpc) is 2.15. The standard InChI is InChI=1S/C12H21NSi/c1-10(12(13)14(2,3)4)11-8-6-5-7-9-11/h5-10,12H,13H2,1-4H3/t10-,12?/m1/s1. The van der Waals surface area contributed by atoms with Crippen molar-refractivity contribution in [2.24, 2.45) is 5.73 Å². The third kappa shape index (κ3) is 2.69. The zero-order chi connectivity index (χ0) is 10.8. The molecule has 2 atom stereocenters. The molecule has 0 bridgehead atoms. The Balaban J connectivity index is 2.81. The topological polar surface area (TPSA) is 26.0 Å². The van der Waals surface area contributed by atoms with E-state index in [2.05, 4.69) is 56.9 Å². The quantitative estimate of drug-likeness (QED) is 0.758. The van der Waals surface area contributed by atoms with E-state index in [4.69, 9.17) is 5.73 Å². The summed E-state index contributed by atoms with van der Waals surface area (Å²) in [6.45, 7) is 9.23. The average molecular weight is 207 g/mol. The van der Waals surface area contributed by atoms with E-state index < -0.39 is 8.07 Å². The van der Waals surface area contributed by atoms with Gasteiger partial charge in [0.25, 0.3) is 0 Å². The van der Waals surface area contributed by atoms with Crippen molar-refractivity contribution in [2.45, 2.75) is 38.1 Å². The lowest BCUT2D eigenvalue weighted by molar-refractivity contribution is 0.694. The summed E-state index contributed by atoms with van der Waals surface area (Å²) in [5.74, 6) is 0.475. The Labute approximate surface area is 88.3 Å². The third-order valence-electron chi connectivity index (χ3n) is 2.86. The van der Waals surface area contributed by atoms with Crippen LogP contribution in [0.4, 0.5) is 0 Å². The summed E-state index contributed by atoms with van der Waals surface area (Å²) in [7, 11) is -1.23. The number of hydrogen-bond donors (Lipinski definition) is 1. The minimum absolute atomic E-state index is 0.338. The van der Waals surface area contributed by atoms with E-state index in [9.17, 15) is 0 Å². The zero-order valence-corrected chi connectivity index (χ0v) is 10.6. The van der Waals surface area contributed by atoms with Crippen molar-refractivity contribution in [1.82, 2.24) is 0 Å². The van der Waals surface area contributed by atoms with Crippen LogP contribution in [0.25, 0.3) is 0 Å². The molecule has 1 rings (SSSR count). The van der Waals surface area contributed by atoms with Gasteiger partial charge in [-0.2, -0.15) is 0 Å². The lowest BCUT2D eigenvalue weighted by atomic mass is 10.0. The van der Waals surface area contributed by atoms with E-state index in [-0.39, 0.29) is 0 Å². The van der Waals surface area contributed by atoms with Gasteiger partial charge in [-0.15, -0.1) is 0 Å². The van der Waals surface area contributed by atoms with E-state index in [1.54, 1.807) is 0 Å². The highest BCUT2D eigenvalue weighted by Gasteiger charge is 2.28. The molecule has 0 aliphatic heterocycles. The van der Waals surface area contributed by atoms with Gasteiger partial charge >= 0.3 is 0 Å². The van der Waals surface area contributed by atoms with Gasteiger partial charge < -0.3 is 5.73 Å². The van der Waals surface area contributed by atoms with Gasteiger partial charge in [-0.25, -0.2) is 0 Å². The maximum Gasteiger partial charge on any atom is 0.0639 e. The second-order valence-electron chi connectivity index (χ2n) is 5.09. The fourth-order valence-corrected chi connectivity index (χ4v) is 3.41. The number of benzene rings is 1. The van der Waals surface area contributed by atoms with Crippen molar-refractivity contribution in [2.75, 3.05) is 0 Å². The highest BCUT2D eigenvalue weighted by molar-refractivity contribution is 6.77. The van der Waals surface area contributed by atoms with Crippen LogP contribution in [0.1, 0.15) is 18.4 Å². The van der Waals surface area contributed by atoms with Crippen LogP contribution >= 0.6 is 0 Å². The minimum Gasteiger partial charge on any atom is -0.330 e. The molecule has 2 heteroatoms. The Hall–Kier alpha value is -0.603. The van der Waals surface area contributed by atoms with Crippen molar-refractivity contribution in [3.8, 4) is 0 Å². The van der Waals surface area contributed by atoms with Gasteiger partial charge in [0.15, 0.2) is 0 Å². The van der Waals surface area contributed by atoms with Crippen molar-refractivity contribution >= 4 is 8.07 Å². The molecule has 0 spiro atoms. The van der Waals surface area contributed by atoms with Gasteiger partial charge in [-0.05, 0) is 11.5 Å². The van der Waals surface area contributed by atoms with Crippen LogP contribution in [0.3, 0.4) is 0 Å². The van der Waals surface area contributed by atoms with Gasteiger partial charge in [-0.1, -0.05) is 56.9 Å². The summed E-state index contributed by atoms with van der Waals surface area (Å²) in [6.07, 6.45) is 0. The molecular weight excluding hydrogens is 186 g/mol. The van der Waals surface area contributed by atoms with Crippen LogP contribution in [0.2, 0.25) is 19.6 Å². The Morgan fingerprint density at radius 1 is 1.07 bits per heavy atom. The molecule has 1 nitrogen and oxygen atoms in total. The summed E-state index contributed by atoms with van der Waals surface area (Å²) in [4.78, 5) is 0. The third-order valence-corrected chi connectivity index (χ3v) is 5.36. The maximum absolute atomic E-state index is 6.29. The van der Waals surface area contributed by atoms with E-state index in [0.717, 1.165) is 0 Å². The predicted molar refractivity (Wildman–Crippen MR) is 66.2 cm³/mol. The maximum atomic E-state index is 6.29. The summed E-state index contributed by atoms with van der Waals surface area (Å²) in [5, 5.41) is 0. The van der Waals surface area contributed by atoms with E-state index in [0.29, 0.717) is 11.6 Å². The zero-order valence-electron chi connectivity index (χ0n) is 9.62. The molecule has 0 fully saturated rings. The van der Waals surface area contributed by atoms with Crippen molar-refractivity contribution in [1.29, 1.82) is 0 Å². The molecule has 0 heterocycles. The van der Waals surface area contributed by atoms with Crippen LogP contribution in [-0.2, 0) is 0 Å². The van der Waals surface area contributed by atoms with Crippen LogP contribution in [0, 0.1) is 0 Å². The lowest BCUT2D eigenvalue weighted by Gasteiger charge is -2.30. The normalized spacial score (nSPS) is 16.4. The Morgan fingerprint density at radius 3 is 2.00 bits per heavy atom. The first-order chi connectivity index (χ1) is 6.43. The number of nitrogens with two attached hydrogens (primary N) is 1. The SMILES string of the molecule is C[C@H](c1ccccc1)C(N)[Si](C)(C)C. The molecule has 1 aromatic carbocycles. The first-order valence-corrected chi connectivity index (χ1v) is 8.81. The molecule has 0 saturated carbocycles. The predicted octanol–water partition coefficient (Wildman–Crippen LogP) is 2.99. The van der Waals surface area contributed by atoms with E-state index >= 15 is 0 Å². The molecule has 0 amide bonds. The molecule has 0 aromatic heterocycles. The van der Waals surface area contributed by atoms with Gasteiger partial charge in [0.2, 0.25) is 0 Å². The molecule has 78 valence electrons. The fourth-order valence-electron chi connectivity index (χ4n) is 1.71. The second-order valence-corrected chi connectivity index (χ2v) is 10.5. The van der Waals surface area contributed by atoms with Crippen LogP contribution in [0.15, 0.2) is 30.3 Å². The van der Waals surface area contributed by atoms with Crippen molar-refractivity contribution in [3.63, 3.8) is 0 Å². The van der Waals surface area contributed by atoms with Crippen LogP contribution in [0.5, 0.6) is 0 Å².